The third-order valence-corrected chi connectivity index (χ3v) is 5.13. The van der Waals surface area contributed by atoms with Crippen LogP contribution in [0.4, 0.5) is 0 Å². The Bertz CT molecular complexity index is 414. The van der Waals surface area contributed by atoms with Gasteiger partial charge in [0.05, 0.1) is 5.69 Å². The summed E-state index contributed by atoms with van der Waals surface area (Å²) < 4.78 is 1.98. The maximum Gasteiger partial charge on any atom is 0.0547 e. The molecule has 106 valence electrons. The van der Waals surface area contributed by atoms with E-state index in [-0.39, 0.29) is 0 Å². The molecule has 4 heteroatoms. The predicted molar refractivity (Wildman–Crippen MR) is 77.0 cm³/mol. The first-order chi connectivity index (χ1) is 9.15. The first-order valence-electron chi connectivity index (χ1n) is 7.61. The summed E-state index contributed by atoms with van der Waals surface area (Å²) in [5.74, 6) is 0. The molecule has 4 nitrogen and oxygen atoms in total. The Morgan fingerprint density at radius 1 is 1.26 bits per heavy atom. The van der Waals surface area contributed by atoms with Gasteiger partial charge in [-0.25, -0.2) is 0 Å². The minimum atomic E-state index is 0.390. The van der Waals surface area contributed by atoms with E-state index < -0.39 is 0 Å². The van der Waals surface area contributed by atoms with Crippen LogP contribution in [0.15, 0.2) is 12.3 Å². The molecular weight excluding hydrogens is 236 g/mol. The lowest BCUT2D eigenvalue weighted by molar-refractivity contribution is 0.0460. The number of nitrogens with one attached hydrogen (secondary N) is 1. The zero-order valence-corrected chi connectivity index (χ0v) is 12.3. The van der Waals surface area contributed by atoms with E-state index in [0.29, 0.717) is 12.1 Å². The van der Waals surface area contributed by atoms with Crippen molar-refractivity contribution in [3.63, 3.8) is 0 Å². The molecule has 1 aromatic rings. The Kier molecular flexibility index (Phi) is 3.63. The first-order valence-corrected chi connectivity index (χ1v) is 7.61. The third kappa shape index (κ3) is 2.56. The van der Waals surface area contributed by atoms with Gasteiger partial charge >= 0.3 is 0 Å². The molecule has 2 bridgehead atoms. The lowest BCUT2D eigenvalue weighted by atomic mass is 9.82. The molecule has 2 aliphatic heterocycles. The quantitative estimate of drug-likeness (QED) is 0.905. The Morgan fingerprint density at radius 3 is 2.53 bits per heavy atom. The fourth-order valence-electron chi connectivity index (χ4n) is 4.00. The van der Waals surface area contributed by atoms with Crippen molar-refractivity contribution in [1.29, 1.82) is 0 Å². The highest BCUT2D eigenvalue weighted by molar-refractivity contribution is 5.06. The Labute approximate surface area is 116 Å². The first kappa shape index (κ1) is 13.1. The summed E-state index contributed by atoms with van der Waals surface area (Å²) >= 11 is 0. The van der Waals surface area contributed by atoms with Gasteiger partial charge in [0, 0.05) is 37.4 Å². The van der Waals surface area contributed by atoms with E-state index in [1.807, 2.05) is 17.9 Å². The third-order valence-electron chi connectivity index (χ3n) is 5.13. The molecule has 0 aromatic carbocycles. The lowest BCUT2D eigenvalue weighted by Gasteiger charge is -2.47. The molecular formula is C15H26N4. The normalized spacial score (nSPS) is 33.3. The molecule has 0 saturated carbocycles. The molecule has 0 aliphatic carbocycles. The van der Waals surface area contributed by atoms with Crippen molar-refractivity contribution in [2.45, 2.75) is 63.2 Å². The number of aromatic nitrogens is 2. The Balaban J connectivity index is 1.63. The van der Waals surface area contributed by atoms with Crippen LogP contribution in [0.5, 0.6) is 0 Å². The largest absolute Gasteiger partial charge is 0.306 e. The number of piperidine rings is 2. The molecule has 0 radical (unpaired) electrons. The molecule has 3 rings (SSSR count). The predicted octanol–water partition coefficient (Wildman–Crippen LogP) is 2.09. The molecule has 2 fully saturated rings. The highest BCUT2D eigenvalue weighted by Gasteiger charge is 2.36. The number of aryl methyl sites for hydroxylation is 1. The van der Waals surface area contributed by atoms with Crippen molar-refractivity contribution in [1.82, 2.24) is 20.0 Å². The van der Waals surface area contributed by atoms with Crippen LogP contribution in [0.3, 0.4) is 0 Å². The van der Waals surface area contributed by atoms with Gasteiger partial charge in [-0.05, 0) is 45.7 Å². The smallest absolute Gasteiger partial charge is 0.0547 e. The number of rotatable bonds is 3. The molecule has 1 N–H and O–H groups in total. The van der Waals surface area contributed by atoms with E-state index in [2.05, 4.69) is 35.4 Å². The van der Waals surface area contributed by atoms with Crippen molar-refractivity contribution >= 4 is 0 Å². The van der Waals surface area contributed by atoms with Gasteiger partial charge in [-0.3, -0.25) is 4.68 Å². The van der Waals surface area contributed by atoms with Gasteiger partial charge < -0.3 is 10.2 Å². The van der Waals surface area contributed by atoms with E-state index in [1.54, 1.807) is 0 Å². The van der Waals surface area contributed by atoms with Crippen molar-refractivity contribution in [3.05, 3.63) is 18.0 Å². The van der Waals surface area contributed by atoms with E-state index in [1.165, 1.54) is 37.8 Å². The standard InChI is InChI=1S/C15H26N4/c1-11(15-7-8-16-19(15)3)17-12-9-13-5-4-6-14(10-12)18(13)2/h7-8,11-14,17H,4-6,9-10H2,1-3H3. The average Bonchev–Trinajstić information content (AvgIpc) is 2.77. The topological polar surface area (TPSA) is 33.1 Å². The van der Waals surface area contributed by atoms with Crippen LogP contribution in [0.2, 0.25) is 0 Å². The second kappa shape index (κ2) is 5.25. The van der Waals surface area contributed by atoms with E-state index >= 15 is 0 Å². The summed E-state index contributed by atoms with van der Waals surface area (Å²) in [5, 5.41) is 8.09. The van der Waals surface area contributed by atoms with Gasteiger partial charge in [0.1, 0.15) is 0 Å². The SMILES string of the molecule is CC(NC1CC2CCCC(C1)N2C)c1ccnn1C. The van der Waals surface area contributed by atoms with Crippen molar-refractivity contribution in [3.8, 4) is 0 Å². The molecule has 0 amide bonds. The maximum absolute atomic E-state index is 4.27. The van der Waals surface area contributed by atoms with Crippen LogP contribution in [0, 0.1) is 0 Å². The summed E-state index contributed by atoms with van der Waals surface area (Å²) in [6.45, 7) is 2.26. The molecule has 2 aliphatic rings. The van der Waals surface area contributed by atoms with Gasteiger partial charge in [0.2, 0.25) is 0 Å². The molecule has 3 heterocycles. The van der Waals surface area contributed by atoms with Crippen LogP contribution in [-0.2, 0) is 7.05 Å². The molecule has 19 heavy (non-hydrogen) atoms. The van der Waals surface area contributed by atoms with Crippen LogP contribution >= 0.6 is 0 Å². The van der Waals surface area contributed by atoms with Gasteiger partial charge in [-0.15, -0.1) is 0 Å². The second-order valence-corrected chi connectivity index (χ2v) is 6.34. The average molecular weight is 262 g/mol. The minimum Gasteiger partial charge on any atom is -0.306 e. The summed E-state index contributed by atoms with van der Waals surface area (Å²) in [4.78, 5) is 2.62. The maximum atomic E-state index is 4.27. The van der Waals surface area contributed by atoms with Crippen LogP contribution < -0.4 is 5.32 Å². The van der Waals surface area contributed by atoms with Crippen molar-refractivity contribution in [2.24, 2.45) is 7.05 Å². The van der Waals surface area contributed by atoms with Crippen LogP contribution in [0.25, 0.3) is 0 Å². The fraction of sp³-hybridized carbons (Fsp3) is 0.800. The zero-order valence-electron chi connectivity index (χ0n) is 12.3. The zero-order chi connectivity index (χ0) is 13.4. The Hall–Kier alpha value is -0.870. The van der Waals surface area contributed by atoms with Gasteiger partial charge in [-0.1, -0.05) is 6.42 Å². The highest BCUT2D eigenvalue weighted by Crippen LogP contribution is 2.33. The summed E-state index contributed by atoms with van der Waals surface area (Å²) in [6.07, 6.45) is 8.67. The highest BCUT2D eigenvalue weighted by atomic mass is 15.3. The monoisotopic (exact) mass is 262 g/mol. The molecule has 2 saturated heterocycles. The van der Waals surface area contributed by atoms with E-state index in [9.17, 15) is 0 Å². The van der Waals surface area contributed by atoms with Crippen LogP contribution in [-0.4, -0.2) is 39.9 Å². The lowest BCUT2D eigenvalue weighted by Crippen LogP contribution is -2.54. The van der Waals surface area contributed by atoms with Crippen molar-refractivity contribution in [2.75, 3.05) is 7.05 Å². The van der Waals surface area contributed by atoms with E-state index in [4.69, 9.17) is 0 Å². The van der Waals surface area contributed by atoms with Crippen molar-refractivity contribution < 1.29 is 0 Å². The van der Waals surface area contributed by atoms with Crippen LogP contribution in [0.1, 0.15) is 50.8 Å². The minimum absolute atomic E-state index is 0.390. The van der Waals surface area contributed by atoms with E-state index in [0.717, 1.165) is 12.1 Å². The summed E-state index contributed by atoms with van der Waals surface area (Å²) in [5.41, 5.74) is 1.28. The summed E-state index contributed by atoms with van der Waals surface area (Å²) in [6, 6.07) is 4.76. The number of nitrogens with zero attached hydrogens (tertiary/aromatic N) is 3. The summed E-state index contributed by atoms with van der Waals surface area (Å²) in [7, 11) is 4.34. The molecule has 3 atom stereocenters. The Morgan fingerprint density at radius 2 is 1.95 bits per heavy atom. The van der Waals surface area contributed by atoms with Gasteiger partial charge in [-0.2, -0.15) is 5.10 Å². The number of hydrogen-bond donors (Lipinski definition) is 1. The number of hydrogen-bond acceptors (Lipinski definition) is 3. The molecule has 0 spiro atoms. The number of fused-ring (bicyclic) bond motifs is 2. The molecule has 1 aromatic heterocycles. The fourth-order valence-corrected chi connectivity index (χ4v) is 4.00. The molecule has 3 unspecified atom stereocenters. The van der Waals surface area contributed by atoms with Gasteiger partial charge in [0.15, 0.2) is 0 Å². The van der Waals surface area contributed by atoms with Gasteiger partial charge in [0.25, 0.3) is 0 Å². The second-order valence-electron chi connectivity index (χ2n) is 6.34.